The third-order valence-corrected chi connectivity index (χ3v) is 4.07. The fourth-order valence-electron chi connectivity index (χ4n) is 2.46. The Bertz CT molecular complexity index is 933. The lowest BCUT2D eigenvalue weighted by atomic mass is 10.1. The first-order valence-electron chi connectivity index (χ1n) is 8.65. The van der Waals surface area contributed by atoms with Crippen LogP contribution in [0.25, 0.3) is 0 Å². The Kier molecular flexibility index (Phi) is 5.56. The van der Waals surface area contributed by atoms with E-state index >= 15 is 0 Å². The van der Waals surface area contributed by atoms with Crippen molar-refractivity contribution in [2.24, 2.45) is 0 Å². The molecule has 0 unspecified atom stereocenters. The van der Waals surface area contributed by atoms with Crippen molar-refractivity contribution in [1.82, 2.24) is 9.97 Å². The van der Waals surface area contributed by atoms with Gasteiger partial charge in [-0.2, -0.15) is 0 Å². The number of nitrogens with one attached hydrogen (secondary N) is 2. The number of carbonyl (C=O) groups is 2. The Hall–Kier alpha value is -3.54. The van der Waals surface area contributed by atoms with Crippen molar-refractivity contribution in [2.45, 2.75) is 20.3 Å². The molecule has 0 aliphatic rings. The zero-order valence-corrected chi connectivity index (χ0v) is 15.2. The maximum absolute atomic E-state index is 12.3. The monoisotopic (exact) mass is 360 g/mol. The minimum atomic E-state index is -0.364. The molecule has 0 spiro atoms. The molecule has 2 aromatic carbocycles. The van der Waals surface area contributed by atoms with E-state index in [1.807, 2.05) is 12.1 Å². The third kappa shape index (κ3) is 4.76. The number of hydrogen-bond acceptors (Lipinski definition) is 5. The van der Waals surface area contributed by atoms with Gasteiger partial charge >= 0.3 is 0 Å². The van der Waals surface area contributed by atoms with Gasteiger partial charge < -0.3 is 10.6 Å². The number of Topliss-reactive ketones (excluding diaryl/α,β-unsaturated/α-hetero) is 1. The highest BCUT2D eigenvalue weighted by Crippen LogP contribution is 2.16. The van der Waals surface area contributed by atoms with Gasteiger partial charge in [0.15, 0.2) is 5.78 Å². The molecule has 3 rings (SSSR count). The van der Waals surface area contributed by atoms with Crippen LogP contribution in [0.1, 0.15) is 40.3 Å². The van der Waals surface area contributed by atoms with Crippen molar-refractivity contribution in [3.63, 3.8) is 0 Å². The second kappa shape index (κ2) is 8.23. The summed E-state index contributed by atoms with van der Waals surface area (Å²) in [6, 6.07) is 14.7. The highest BCUT2D eigenvalue weighted by atomic mass is 16.2. The molecule has 0 aliphatic heterocycles. The van der Waals surface area contributed by atoms with Gasteiger partial charge in [0.2, 0.25) is 0 Å². The Morgan fingerprint density at radius 1 is 0.889 bits per heavy atom. The molecule has 6 nitrogen and oxygen atoms in total. The van der Waals surface area contributed by atoms with Crippen LogP contribution in [-0.2, 0) is 6.42 Å². The van der Waals surface area contributed by atoms with E-state index < -0.39 is 0 Å². The van der Waals surface area contributed by atoms with Crippen LogP contribution in [0.2, 0.25) is 0 Å². The molecule has 1 amide bonds. The maximum atomic E-state index is 12.3. The quantitative estimate of drug-likeness (QED) is 0.643. The SMILES string of the molecule is CCc1ccc(Nc2cnc(C(=O)Nc3ccc(C(C)=O)cc3)cn2)cc1. The second-order valence-corrected chi connectivity index (χ2v) is 6.05. The average molecular weight is 360 g/mol. The molecular weight excluding hydrogens is 340 g/mol. The molecular formula is C21H20N4O2. The fourth-order valence-corrected chi connectivity index (χ4v) is 2.46. The van der Waals surface area contributed by atoms with E-state index in [0.29, 0.717) is 17.1 Å². The number of benzene rings is 2. The molecule has 3 aromatic rings. The highest BCUT2D eigenvalue weighted by molar-refractivity contribution is 6.03. The van der Waals surface area contributed by atoms with Crippen molar-refractivity contribution < 1.29 is 9.59 Å². The van der Waals surface area contributed by atoms with Gasteiger partial charge in [0, 0.05) is 16.9 Å². The third-order valence-electron chi connectivity index (χ3n) is 4.07. The molecule has 0 fully saturated rings. The molecule has 0 bridgehead atoms. The number of hydrogen-bond donors (Lipinski definition) is 2. The van der Waals surface area contributed by atoms with Crippen molar-refractivity contribution >= 4 is 28.9 Å². The second-order valence-electron chi connectivity index (χ2n) is 6.05. The summed E-state index contributed by atoms with van der Waals surface area (Å²) in [7, 11) is 0. The summed E-state index contributed by atoms with van der Waals surface area (Å²) in [6.45, 7) is 3.60. The summed E-state index contributed by atoms with van der Waals surface area (Å²) in [4.78, 5) is 32.0. The van der Waals surface area contributed by atoms with E-state index in [-0.39, 0.29) is 17.4 Å². The van der Waals surface area contributed by atoms with Gasteiger partial charge in [-0.3, -0.25) is 9.59 Å². The number of amides is 1. The molecule has 0 radical (unpaired) electrons. The number of aryl methyl sites for hydroxylation is 1. The largest absolute Gasteiger partial charge is 0.339 e. The number of rotatable bonds is 6. The first-order chi connectivity index (χ1) is 13.0. The van der Waals surface area contributed by atoms with E-state index in [0.717, 1.165) is 12.1 Å². The Morgan fingerprint density at radius 3 is 2.11 bits per heavy atom. The van der Waals surface area contributed by atoms with Gasteiger partial charge in [-0.25, -0.2) is 9.97 Å². The van der Waals surface area contributed by atoms with Crippen molar-refractivity contribution in [3.05, 3.63) is 77.7 Å². The van der Waals surface area contributed by atoms with Gasteiger partial charge in [0.25, 0.3) is 5.91 Å². The topological polar surface area (TPSA) is 84.0 Å². The van der Waals surface area contributed by atoms with E-state index in [9.17, 15) is 9.59 Å². The van der Waals surface area contributed by atoms with E-state index in [2.05, 4.69) is 39.7 Å². The van der Waals surface area contributed by atoms with Crippen LogP contribution in [0.3, 0.4) is 0 Å². The lowest BCUT2D eigenvalue weighted by molar-refractivity contribution is 0.101. The van der Waals surface area contributed by atoms with E-state index in [1.165, 1.54) is 24.9 Å². The van der Waals surface area contributed by atoms with Crippen LogP contribution >= 0.6 is 0 Å². The van der Waals surface area contributed by atoms with Crippen LogP contribution < -0.4 is 10.6 Å². The number of ketones is 1. The van der Waals surface area contributed by atoms with Crippen LogP contribution in [0.4, 0.5) is 17.2 Å². The molecule has 27 heavy (non-hydrogen) atoms. The van der Waals surface area contributed by atoms with Crippen molar-refractivity contribution in [2.75, 3.05) is 10.6 Å². The predicted octanol–water partition coefficient (Wildman–Crippen LogP) is 4.24. The number of anilines is 3. The maximum Gasteiger partial charge on any atom is 0.275 e. The Morgan fingerprint density at radius 2 is 1.56 bits per heavy atom. The van der Waals surface area contributed by atoms with Crippen molar-refractivity contribution in [1.29, 1.82) is 0 Å². The van der Waals surface area contributed by atoms with Gasteiger partial charge in [-0.15, -0.1) is 0 Å². The summed E-state index contributed by atoms with van der Waals surface area (Å²) in [6.07, 6.45) is 3.92. The molecule has 2 N–H and O–H groups in total. The summed E-state index contributed by atoms with van der Waals surface area (Å²) >= 11 is 0. The van der Waals surface area contributed by atoms with Gasteiger partial charge in [0.05, 0.1) is 12.4 Å². The fraction of sp³-hybridized carbons (Fsp3) is 0.143. The molecule has 0 saturated heterocycles. The minimum Gasteiger partial charge on any atom is -0.339 e. The smallest absolute Gasteiger partial charge is 0.275 e. The number of carbonyl (C=O) groups excluding carboxylic acids is 2. The molecule has 6 heteroatoms. The summed E-state index contributed by atoms with van der Waals surface area (Å²) in [5.41, 5.74) is 3.55. The lowest BCUT2D eigenvalue weighted by Crippen LogP contribution is -2.14. The van der Waals surface area contributed by atoms with Crippen LogP contribution in [0.15, 0.2) is 60.9 Å². The zero-order chi connectivity index (χ0) is 19.2. The standard InChI is InChI=1S/C21H20N4O2/c1-3-15-4-8-17(9-5-15)24-20-13-22-19(12-23-20)21(27)25-18-10-6-16(7-11-18)14(2)26/h4-13H,3H2,1-2H3,(H,23,24)(H,25,27). The molecule has 0 atom stereocenters. The van der Waals surface area contributed by atoms with Crippen LogP contribution in [0, 0.1) is 0 Å². The normalized spacial score (nSPS) is 10.3. The first kappa shape index (κ1) is 18.3. The van der Waals surface area contributed by atoms with Crippen LogP contribution in [0.5, 0.6) is 0 Å². The molecule has 0 saturated carbocycles. The number of nitrogens with zero attached hydrogens (tertiary/aromatic N) is 2. The van der Waals surface area contributed by atoms with Gasteiger partial charge in [-0.05, 0) is 55.3 Å². The van der Waals surface area contributed by atoms with E-state index in [1.54, 1.807) is 24.3 Å². The Labute approximate surface area is 157 Å². The van der Waals surface area contributed by atoms with Crippen molar-refractivity contribution in [3.8, 4) is 0 Å². The molecule has 136 valence electrons. The highest BCUT2D eigenvalue weighted by Gasteiger charge is 2.09. The molecule has 1 heterocycles. The minimum absolute atomic E-state index is 0.0221. The predicted molar refractivity (Wildman–Crippen MR) is 106 cm³/mol. The lowest BCUT2D eigenvalue weighted by Gasteiger charge is -2.08. The van der Waals surface area contributed by atoms with E-state index in [4.69, 9.17) is 0 Å². The number of aromatic nitrogens is 2. The average Bonchev–Trinajstić information content (AvgIpc) is 2.69. The van der Waals surface area contributed by atoms with Gasteiger partial charge in [-0.1, -0.05) is 19.1 Å². The first-order valence-corrected chi connectivity index (χ1v) is 8.65. The summed E-state index contributed by atoms with van der Waals surface area (Å²) in [5, 5.41) is 5.88. The molecule has 0 aliphatic carbocycles. The Balaban J connectivity index is 1.63. The zero-order valence-electron chi connectivity index (χ0n) is 15.2. The molecule has 1 aromatic heterocycles. The summed E-state index contributed by atoms with van der Waals surface area (Å²) < 4.78 is 0. The van der Waals surface area contributed by atoms with Gasteiger partial charge in [0.1, 0.15) is 11.5 Å². The summed E-state index contributed by atoms with van der Waals surface area (Å²) in [5.74, 6) is 0.171. The van der Waals surface area contributed by atoms with Crippen LogP contribution in [-0.4, -0.2) is 21.7 Å².